The SMILES string of the molecule is COc1cccc(C(=O)Nc2c(C(=O)Nc3ccc(C)cc3)oc3ccccc23)c1. The number of ether oxygens (including phenoxy) is 1. The fourth-order valence-electron chi connectivity index (χ4n) is 3.10. The summed E-state index contributed by atoms with van der Waals surface area (Å²) in [5.74, 6) is -0.217. The van der Waals surface area contributed by atoms with Crippen molar-refractivity contribution < 1.29 is 18.7 Å². The average molecular weight is 400 g/mol. The number of nitrogens with one attached hydrogen (secondary N) is 2. The summed E-state index contributed by atoms with van der Waals surface area (Å²) in [6, 6.07) is 21.4. The third-order valence-corrected chi connectivity index (χ3v) is 4.68. The van der Waals surface area contributed by atoms with E-state index < -0.39 is 5.91 Å². The van der Waals surface area contributed by atoms with E-state index in [2.05, 4.69) is 10.6 Å². The number of para-hydroxylation sites is 1. The van der Waals surface area contributed by atoms with Gasteiger partial charge < -0.3 is 19.8 Å². The summed E-state index contributed by atoms with van der Waals surface area (Å²) in [4.78, 5) is 25.8. The van der Waals surface area contributed by atoms with Gasteiger partial charge in [0, 0.05) is 16.6 Å². The standard InChI is InChI=1S/C24H20N2O4/c1-15-10-12-17(13-11-15)25-24(28)22-21(19-8-3-4-9-20(19)30-22)26-23(27)16-6-5-7-18(14-16)29-2/h3-14H,1-2H3,(H,25,28)(H,26,27). The van der Waals surface area contributed by atoms with Gasteiger partial charge in [0.1, 0.15) is 17.0 Å². The van der Waals surface area contributed by atoms with Crippen LogP contribution < -0.4 is 15.4 Å². The maximum Gasteiger partial charge on any atom is 0.293 e. The molecular weight excluding hydrogens is 380 g/mol. The zero-order valence-electron chi connectivity index (χ0n) is 16.6. The van der Waals surface area contributed by atoms with Gasteiger partial charge in [-0.1, -0.05) is 35.9 Å². The van der Waals surface area contributed by atoms with Gasteiger partial charge in [0.2, 0.25) is 5.76 Å². The van der Waals surface area contributed by atoms with Crippen molar-refractivity contribution in [3.8, 4) is 5.75 Å². The first kappa shape index (κ1) is 19.3. The summed E-state index contributed by atoms with van der Waals surface area (Å²) < 4.78 is 11.0. The summed E-state index contributed by atoms with van der Waals surface area (Å²) >= 11 is 0. The Morgan fingerprint density at radius 3 is 2.40 bits per heavy atom. The predicted molar refractivity (Wildman–Crippen MR) is 116 cm³/mol. The number of methoxy groups -OCH3 is 1. The van der Waals surface area contributed by atoms with Crippen molar-refractivity contribution in [1.82, 2.24) is 0 Å². The van der Waals surface area contributed by atoms with E-state index in [1.165, 1.54) is 7.11 Å². The van der Waals surface area contributed by atoms with Crippen LogP contribution in [0.5, 0.6) is 5.75 Å². The number of amides is 2. The number of furan rings is 1. The fraction of sp³-hybridized carbons (Fsp3) is 0.0833. The average Bonchev–Trinajstić information content (AvgIpc) is 3.14. The molecule has 1 aromatic heterocycles. The maximum absolute atomic E-state index is 12.9. The number of benzene rings is 3. The lowest BCUT2D eigenvalue weighted by Crippen LogP contribution is -2.17. The highest BCUT2D eigenvalue weighted by Gasteiger charge is 2.23. The number of anilines is 2. The van der Waals surface area contributed by atoms with Gasteiger partial charge in [-0.2, -0.15) is 0 Å². The third-order valence-electron chi connectivity index (χ3n) is 4.68. The molecule has 6 nitrogen and oxygen atoms in total. The first-order valence-electron chi connectivity index (χ1n) is 9.40. The van der Waals surface area contributed by atoms with Gasteiger partial charge in [0.15, 0.2) is 0 Å². The molecule has 4 rings (SSSR count). The summed E-state index contributed by atoms with van der Waals surface area (Å²) in [7, 11) is 1.54. The van der Waals surface area contributed by atoms with Crippen molar-refractivity contribution in [2.45, 2.75) is 6.92 Å². The van der Waals surface area contributed by atoms with Crippen molar-refractivity contribution in [2.24, 2.45) is 0 Å². The van der Waals surface area contributed by atoms with Crippen LogP contribution in [0.25, 0.3) is 11.0 Å². The molecule has 2 amide bonds. The summed E-state index contributed by atoms with van der Waals surface area (Å²) in [6.07, 6.45) is 0. The van der Waals surface area contributed by atoms with E-state index in [-0.39, 0.29) is 11.7 Å². The monoisotopic (exact) mass is 400 g/mol. The van der Waals surface area contributed by atoms with Crippen molar-refractivity contribution >= 4 is 34.2 Å². The maximum atomic E-state index is 12.9. The molecule has 30 heavy (non-hydrogen) atoms. The second-order valence-corrected chi connectivity index (χ2v) is 6.81. The van der Waals surface area contributed by atoms with Crippen molar-refractivity contribution in [2.75, 3.05) is 17.7 Å². The molecule has 150 valence electrons. The van der Waals surface area contributed by atoms with Crippen LogP contribution in [0.4, 0.5) is 11.4 Å². The Hall–Kier alpha value is -4.06. The lowest BCUT2D eigenvalue weighted by Gasteiger charge is -2.08. The normalized spacial score (nSPS) is 10.6. The molecule has 0 atom stereocenters. The molecule has 0 spiro atoms. The van der Waals surface area contributed by atoms with Crippen LogP contribution in [-0.4, -0.2) is 18.9 Å². The molecule has 0 radical (unpaired) electrons. The number of hydrogen-bond acceptors (Lipinski definition) is 4. The quantitative estimate of drug-likeness (QED) is 0.479. The Kier molecular flexibility index (Phi) is 5.22. The topological polar surface area (TPSA) is 80.6 Å². The highest BCUT2D eigenvalue weighted by molar-refractivity contribution is 6.16. The summed E-state index contributed by atoms with van der Waals surface area (Å²) in [6.45, 7) is 1.97. The fourth-order valence-corrected chi connectivity index (χ4v) is 3.10. The molecule has 0 aliphatic carbocycles. The zero-order valence-corrected chi connectivity index (χ0v) is 16.6. The molecule has 0 unspecified atom stereocenters. The van der Waals surface area contributed by atoms with Gasteiger partial charge >= 0.3 is 0 Å². The molecule has 3 aromatic carbocycles. The minimum absolute atomic E-state index is 0.0352. The van der Waals surface area contributed by atoms with Gasteiger partial charge in [0.05, 0.1) is 7.11 Å². The van der Waals surface area contributed by atoms with Crippen LogP contribution in [0.1, 0.15) is 26.5 Å². The van der Waals surface area contributed by atoms with Gasteiger partial charge in [0.25, 0.3) is 11.8 Å². The van der Waals surface area contributed by atoms with Crippen molar-refractivity contribution in [3.63, 3.8) is 0 Å². The Labute approximate surface area is 173 Å². The van der Waals surface area contributed by atoms with Crippen LogP contribution in [0.3, 0.4) is 0 Å². The van der Waals surface area contributed by atoms with Crippen LogP contribution in [-0.2, 0) is 0 Å². The van der Waals surface area contributed by atoms with Gasteiger partial charge in [-0.3, -0.25) is 9.59 Å². The van der Waals surface area contributed by atoms with E-state index in [1.54, 1.807) is 42.5 Å². The predicted octanol–water partition coefficient (Wildman–Crippen LogP) is 5.25. The van der Waals surface area contributed by atoms with E-state index >= 15 is 0 Å². The van der Waals surface area contributed by atoms with Crippen molar-refractivity contribution in [3.05, 3.63) is 89.7 Å². The zero-order chi connectivity index (χ0) is 21.1. The molecular formula is C24H20N2O4. The van der Waals surface area contributed by atoms with E-state index in [9.17, 15) is 9.59 Å². The van der Waals surface area contributed by atoms with Gasteiger partial charge in [-0.15, -0.1) is 0 Å². The molecule has 0 aliphatic rings. The smallest absolute Gasteiger partial charge is 0.293 e. The Bertz CT molecular complexity index is 1230. The van der Waals surface area contributed by atoms with E-state index in [1.807, 2.05) is 37.3 Å². The van der Waals surface area contributed by atoms with Crippen LogP contribution >= 0.6 is 0 Å². The Balaban J connectivity index is 1.68. The summed E-state index contributed by atoms with van der Waals surface area (Å²) in [5, 5.41) is 6.28. The number of carbonyl (C=O) groups is 2. The molecule has 2 N–H and O–H groups in total. The molecule has 4 aromatic rings. The number of fused-ring (bicyclic) bond motifs is 1. The molecule has 0 bridgehead atoms. The van der Waals surface area contributed by atoms with Crippen LogP contribution in [0.15, 0.2) is 77.2 Å². The number of aryl methyl sites for hydroxylation is 1. The van der Waals surface area contributed by atoms with E-state index in [0.717, 1.165) is 5.56 Å². The highest BCUT2D eigenvalue weighted by atomic mass is 16.5. The highest BCUT2D eigenvalue weighted by Crippen LogP contribution is 2.32. The number of rotatable bonds is 5. The Morgan fingerprint density at radius 2 is 1.63 bits per heavy atom. The molecule has 0 saturated heterocycles. The molecule has 0 aliphatic heterocycles. The lowest BCUT2D eigenvalue weighted by atomic mass is 10.1. The third kappa shape index (κ3) is 3.89. The van der Waals surface area contributed by atoms with Gasteiger partial charge in [-0.25, -0.2) is 0 Å². The molecule has 0 fully saturated rings. The van der Waals surface area contributed by atoms with Gasteiger partial charge in [-0.05, 0) is 49.4 Å². The number of hydrogen-bond donors (Lipinski definition) is 2. The Morgan fingerprint density at radius 1 is 0.867 bits per heavy atom. The lowest BCUT2D eigenvalue weighted by molar-refractivity contribution is 0.0999. The molecule has 0 saturated carbocycles. The number of carbonyl (C=O) groups excluding carboxylic acids is 2. The minimum Gasteiger partial charge on any atom is -0.497 e. The van der Waals surface area contributed by atoms with Crippen LogP contribution in [0.2, 0.25) is 0 Å². The largest absolute Gasteiger partial charge is 0.497 e. The molecule has 1 heterocycles. The molecule has 6 heteroatoms. The minimum atomic E-state index is -0.448. The van der Waals surface area contributed by atoms with Crippen molar-refractivity contribution in [1.29, 1.82) is 0 Å². The van der Waals surface area contributed by atoms with Crippen LogP contribution in [0, 0.1) is 6.92 Å². The first-order valence-corrected chi connectivity index (χ1v) is 9.40. The summed E-state index contributed by atoms with van der Waals surface area (Å²) in [5.41, 5.74) is 2.96. The second-order valence-electron chi connectivity index (χ2n) is 6.81. The van der Waals surface area contributed by atoms with E-state index in [4.69, 9.17) is 9.15 Å². The van der Waals surface area contributed by atoms with E-state index in [0.29, 0.717) is 33.7 Å². The second kappa shape index (κ2) is 8.13. The first-order chi connectivity index (χ1) is 14.5.